The van der Waals surface area contributed by atoms with Crippen molar-refractivity contribution in [3.05, 3.63) is 58.1 Å². The summed E-state index contributed by atoms with van der Waals surface area (Å²) in [6.45, 7) is 12.6. The van der Waals surface area contributed by atoms with Gasteiger partial charge in [0.05, 0.1) is 38.6 Å². The van der Waals surface area contributed by atoms with E-state index in [1.54, 1.807) is 0 Å². The molecule has 2 saturated heterocycles. The molecular weight excluding hydrogens is 692 g/mol. The van der Waals surface area contributed by atoms with Crippen molar-refractivity contribution in [3.63, 3.8) is 0 Å². The van der Waals surface area contributed by atoms with Gasteiger partial charge in [0, 0.05) is 41.3 Å². The molecule has 0 amide bonds. The van der Waals surface area contributed by atoms with Crippen molar-refractivity contribution in [1.82, 2.24) is 5.32 Å². The lowest BCUT2D eigenvalue weighted by Crippen LogP contribution is -2.52. The van der Waals surface area contributed by atoms with Crippen LogP contribution in [0.25, 0.3) is 0 Å². The van der Waals surface area contributed by atoms with Gasteiger partial charge in [-0.1, -0.05) is 58.2 Å². The van der Waals surface area contributed by atoms with Gasteiger partial charge in [-0.05, 0) is 98.4 Å². The van der Waals surface area contributed by atoms with E-state index in [4.69, 9.17) is 25.8 Å². The van der Waals surface area contributed by atoms with Crippen LogP contribution in [0.3, 0.4) is 0 Å². The lowest BCUT2D eigenvalue weighted by molar-refractivity contribution is -0.192. The Morgan fingerprint density at radius 1 is 1.06 bits per heavy atom. The fraction of sp³-hybridized carbons (Fsp3) is 0.675. The van der Waals surface area contributed by atoms with Crippen molar-refractivity contribution in [1.29, 1.82) is 0 Å². The van der Waals surface area contributed by atoms with Crippen LogP contribution < -0.4 is 20.7 Å². The molecule has 1 saturated carbocycles. The van der Waals surface area contributed by atoms with Gasteiger partial charge >= 0.3 is 0 Å². The molecule has 5 unspecified atom stereocenters. The molecule has 0 spiro atoms. The fourth-order valence-electron chi connectivity index (χ4n) is 6.81. The highest BCUT2D eigenvalue weighted by molar-refractivity contribution is 7.80. The molecule has 5 atom stereocenters. The van der Waals surface area contributed by atoms with Crippen LogP contribution in [-0.2, 0) is 15.9 Å². The molecule has 1 aliphatic carbocycles. The number of anilines is 1. The van der Waals surface area contributed by atoms with Gasteiger partial charge in [0.2, 0.25) is 0 Å². The van der Waals surface area contributed by atoms with Gasteiger partial charge in [-0.15, -0.1) is 0 Å². The van der Waals surface area contributed by atoms with Crippen molar-refractivity contribution >= 4 is 36.2 Å². The summed E-state index contributed by atoms with van der Waals surface area (Å²) in [6, 6.07) is 12.1. The zero-order chi connectivity index (χ0) is 37.4. The average molecular weight is 754 g/mol. The molecule has 3 fully saturated rings. The first kappa shape index (κ1) is 43.5. The summed E-state index contributed by atoms with van der Waals surface area (Å²) >= 11 is 10.7. The summed E-state index contributed by atoms with van der Waals surface area (Å²) in [6.07, 6.45) is 9.92. The molecule has 4 aliphatic rings. The number of hydrogen-bond acceptors (Lipinski definition) is 8. The van der Waals surface area contributed by atoms with Gasteiger partial charge in [0.15, 0.2) is 6.29 Å². The van der Waals surface area contributed by atoms with Crippen LogP contribution in [-0.4, -0.2) is 76.8 Å². The number of nitrogens with zero attached hydrogens (tertiary/aromatic N) is 1. The maximum Gasteiger partial charge on any atom is 0.272 e. The lowest BCUT2D eigenvalue weighted by atomic mass is 9.71. The minimum absolute atomic E-state index is 0.0589. The zero-order valence-electron chi connectivity index (χ0n) is 31.4. The van der Waals surface area contributed by atoms with Crippen LogP contribution in [0.2, 0.25) is 5.02 Å². The number of carbonyl (C=O) groups is 1. The minimum atomic E-state index is -2.39. The van der Waals surface area contributed by atoms with Crippen molar-refractivity contribution in [2.75, 3.05) is 57.9 Å². The van der Waals surface area contributed by atoms with E-state index in [0.717, 1.165) is 80.7 Å². The van der Waals surface area contributed by atoms with Crippen molar-refractivity contribution in [2.45, 2.75) is 102 Å². The third-order valence-electron chi connectivity index (χ3n) is 10.2. The number of aldehydes is 1. The van der Waals surface area contributed by atoms with E-state index in [2.05, 4.69) is 68.4 Å². The number of benzene rings is 2. The molecule has 0 radical (unpaired) electrons. The molecule has 288 valence electrons. The highest BCUT2D eigenvalue weighted by Crippen LogP contribution is 2.43. The topological polar surface area (TPSA) is 86.0 Å². The Labute approximate surface area is 316 Å². The van der Waals surface area contributed by atoms with Gasteiger partial charge in [-0.25, -0.2) is 8.78 Å². The Morgan fingerprint density at radius 3 is 2.27 bits per heavy atom. The summed E-state index contributed by atoms with van der Waals surface area (Å²) in [4.78, 5) is 14.0. The maximum atomic E-state index is 11.6. The molecule has 2 aromatic rings. The predicted molar refractivity (Wildman–Crippen MR) is 209 cm³/mol. The first-order chi connectivity index (χ1) is 24.5. The number of rotatable bonds is 11. The van der Waals surface area contributed by atoms with E-state index in [1.807, 2.05) is 24.3 Å². The fourth-order valence-corrected chi connectivity index (χ4v) is 7.15. The quantitative estimate of drug-likeness (QED) is 0.156. The zero-order valence-corrected chi connectivity index (χ0v) is 33.0. The average Bonchev–Trinajstić information content (AvgIpc) is 3.29. The Kier molecular flexibility index (Phi) is 19.0. The number of alkyl halides is 2. The Morgan fingerprint density at radius 2 is 1.75 bits per heavy atom. The first-order valence-corrected chi connectivity index (χ1v) is 19.8. The Balaban J connectivity index is 0.000000365. The first-order valence-electron chi connectivity index (χ1n) is 18.9. The monoisotopic (exact) mass is 753 g/mol. The van der Waals surface area contributed by atoms with Gasteiger partial charge in [0.1, 0.15) is 12.0 Å². The summed E-state index contributed by atoms with van der Waals surface area (Å²) in [5, 5.41) is 3.80. The largest absolute Gasteiger partial charge is 0.491 e. The highest BCUT2D eigenvalue weighted by atomic mass is 35.5. The number of nitrogens with one attached hydrogen (secondary N) is 1. The molecule has 3 N–H and O–H groups in total. The number of nitrogens with two attached hydrogens (primary N) is 1. The second-order valence-electron chi connectivity index (χ2n) is 14.2. The third kappa shape index (κ3) is 13.8. The van der Waals surface area contributed by atoms with Gasteiger partial charge in [0.25, 0.3) is 5.92 Å². The van der Waals surface area contributed by atoms with E-state index >= 15 is 0 Å². The smallest absolute Gasteiger partial charge is 0.272 e. The molecular formula is C40H62ClF2N3O4S. The second kappa shape index (κ2) is 22.3. The predicted octanol–water partition coefficient (Wildman–Crippen LogP) is 8.81. The summed E-state index contributed by atoms with van der Waals surface area (Å²) in [5.41, 5.74) is 8.84. The molecule has 7 nitrogen and oxygen atoms in total. The van der Waals surface area contributed by atoms with E-state index < -0.39 is 5.92 Å². The minimum Gasteiger partial charge on any atom is -0.491 e. The molecule has 2 aromatic carbocycles. The molecule has 0 bridgehead atoms. The van der Waals surface area contributed by atoms with E-state index in [1.165, 1.54) is 43.9 Å². The van der Waals surface area contributed by atoms with Crippen molar-refractivity contribution < 1.29 is 27.8 Å². The van der Waals surface area contributed by atoms with E-state index in [9.17, 15) is 13.6 Å². The second-order valence-corrected chi connectivity index (χ2v) is 15.4. The van der Waals surface area contributed by atoms with Crippen LogP contribution in [0.5, 0.6) is 5.75 Å². The summed E-state index contributed by atoms with van der Waals surface area (Å²) in [7, 11) is 1.50. The van der Waals surface area contributed by atoms with Gasteiger partial charge < -0.3 is 30.2 Å². The Hall–Kier alpha value is -1.95. The standard InChI is InChI=1S/C29H36ClNO4.C7H16S.C3H5F2N.CH5N/c1-2-4-22-14-25(30)8-9-26(22)24-17-31(27-13-20(18-32)5-10-28(27)35-19-24)16-23-7-6-21(23)15-29-33-11-3-12-34-29;1-4-5-6(2)7(3)8;4-3(5)1-6-2-3;1-2/h5,8-10,13-14,18,21,23-24,29H,2-4,6-7,11-12,15-17,19H2,1H3;6-8H,4-5H2,1-3H3;6H,1-2H2;2H2,1H3. The van der Waals surface area contributed by atoms with Gasteiger partial charge in [-0.3, -0.25) is 4.79 Å². The lowest BCUT2D eigenvalue weighted by Gasteiger charge is -2.42. The number of carbonyl (C=O) groups excluding carboxylic acids is 1. The van der Waals surface area contributed by atoms with Crippen LogP contribution in [0, 0.1) is 17.8 Å². The number of hydrogen-bond donors (Lipinski definition) is 3. The third-order valence-corrected chi connectivity index (χ3v) is 10.9. The van der Waals surface area contributed by atoms with E-state index in [-0.39, 0.29) is 25.3 Å². The van der Waals surface area contributed by atoms with Crippen LogP contribution in [0.4, 0.5) is 14.5 Å². The normalized spacial score (nSPS) is 23.3. The molecule has 11 heteroatoms. The number of ether oxygens (including phenoxy) is 3. The summed E-state index contributed by atoms with van der Waals surface area (Å²) in [5.74, 6) is 0.659. The highest BCUT2D eigenvalue weighted by Gasteiger charge is 2.37. The van der Waals surface area contributed by atoms with Crippen LogP contribution >= 0.6 is 24.2 Å². The maximum absolute atomic E-state index is 11.6. The number of aryl methyl sites for hydroxylation is 1. The Bertz CT molecular complexity index is 1310. The molecule has 0 aromatic heterocycles. The number of fused-ring (bicyclic) bond motifs is 1. The van der Waals surface area contributed by atoms with Crippen molar-refractivity contribution in [2.24, 2.45) is 23.5 Å². The van der Waals surface area contributed by atoms with Gasteiger partial charge in [-0.2, -0.15) is 12.6 Å². The molecule has 51 heavy (non-hydrogen) atoms. The van der Waals surface area contributed by atoms with Crippen molar-refractivity contribution in [3.8, 4) is 5.75 Å². The molecule has 6 rings (SSSR count). The molecule has 3 heterocycles. The van der Waals surface area contributed by atoms with E-state index in [0.29, 0.717) is 29.3 Å². The molecule has 3 aliphatic heterocycles. The SMILES string of the molecule is CCCC(C)C(C)S.CCCc1cc(Cl)ccc1C1COc2ccc(C=O)cc2N(CC2CCC2CC2OCCCO2)C1.CN.FC1(F)CNC1. The summed E-state index contributed by atoms with van der Waals surface area (Å²) < 4.78 is 41.0. The van der Waals surface area contributed by atoms with Crippen LogP contribution in [0.15, 0.2) is 36.4 Å². The van der Waals surface area contributed by atoms with Crippen LogP contribution in [0.1, 0.15) is 100 Å². The number of thiol groups is 1. The number of halogens is 3.